The second-order valence-electron chi connectivity index (χ2n) is 12.7. The zero-order valence-corrected chi connectivity index (χ0v) is 28.1. The molecule has 0 amide bonds. The van der Waals surface area contributed by atoms with Crippen molar-refractivity contribution in [3.8, 4) is 40.2 Å². The van der Waals surface area contributed by atoms with Gasteiger partial charge in [0.2, 0.25) is 0 Å². The average Bonchev–Trinajstić information content (AvgIpc) is 3.15. The van der Waals surface area contributed by atoms with Crippen LogP contribution >= 0.6 is 0 Å². The van der Waals surface area contributed by atoms with Crippen LogP contribution in [0.15, 0.2) is 164 Å². The molecule has 0 fully saturated rings. The number of aromatic hydroxyl groups is 3. The first-order valence-electron chi connectivity index (χ1n) is 17.0. The number of phenolic OH excluding ortho intramolecular Hbond substituents is 3. The molecule has 0 saturated heterocycles. The molecule has 5 nitrogen and oxygen atoms in total. The first-order chi connectivity index (χ1) is 24.9. The zero-order chi connectivity index (χ0) is 35.0. The standard InChI is InChI=1S/C46H38O5/c47-44-10-3-1-6-36(44)28-32-12-20-40(21-13-32)50-42-24-16-34(17-25-42)30-38-8-5-9-39(46(38)49)31-35-18-26-43(27-19-35)51-41-22-14-33(15-23-41)29-37-7-2-4-11-45(37)48/h1-27,47-49H,28-31H2. The van der Waals surface area contributed by atoms with E-state index in [0.29, 0.717) is 42.9 Å². The molecule has 0 aliphatic rings. The average molecular weight is 671 g/mol. The SMILES string of the molecule is Oc1ccccc1Cc1ccc(Oc2ccc(Cc3cccc(Cc4ccc(Oc5ccc(Cc6ccccc6O)cc5)cc4)c3O)cc2)cc1. The Hall–Kier alpha value is -6.46. The van der Waals surface area contributed by atoms with Crippen LogP contribution in [0.5, 0.6) is 40.2 Å². The summed E-state index contributed by atoms with van der Waals surface area (Å²) in [7, 11) is 0. The van der Waals surface area contributed by atoms with Crippen LogP contribution in [-0.4, -0.2) is 15.3 Å². The molecule has 0 aliphatic carbocycles. The lowest BCUT2D eigenvalue weighted by Crippen LogP contribution is -1.95. The quantitative estimate of drug-likeness (QED) is 0.121. The van der Waals surface area contributed by atoms with Crippen LogP contribution in [0.25, 0.3) is 0 Å². The Balaban J connectivity index is 0.924. The Morgan fingerprint density at radius 1 is 0.294 bits per heavy atom. The number of rotatable bonds is 12. The van der Waals surface area contributed by atoms with Gasteiger partial charge in [-0.25, -0.2) is 0 Å². The maximum atomic E-state index is 11.2. The molecule has 7 rings (SSSR count). The van der Waals surface area contributed by atoms with E-state index in [9.17, 15) is 15.3 Å². The smallest absolute Gasteiger partial charge is 0.127 e. The summed E-state index contributed by atoms with van der Waals surface area (Å²) >= 11 is 0. The van der Waals surface area contributed by atoms with Gasteiger partial charge in [0.05, 0.1) is 0 Å². The van der Waals surface area contributed by atoms with Gasteiger partial charge in [-0.05, 0) is 105 Å². The second kappa shape index (κ2) is 15.4. The van der Waals surface area contributed by atoms with E-state index in [1.807, 2.05) is 152 Å². The third-order valence-electron chi connectivity index (χ3n) is 8.93. The summed E-state index contributed by atoms with van der Waals surface area (Å²) in [6.07, 6.45) is 2.49. The largest absolute Gasteiger partial charge is 0.508 e. The normalized spacial score (nSPS) is 10.9. The van der Waals surface area contributed by atoms with Gasteiger partial charge in [-0.3, -0.25) is 0 Å². The van der Waals surface area contributed by atoms with Crippen molar-refractivity contribution in [1.29, 1.82) is 0 Å². The molecule has 7 aromatic rings. The van der Waals surface area contributed by atoms with E-state index in [1.54, 1.807) is 12.1 Å². The number of hydrogen-bond donors (Lipinski definition) is 3. The number of benzene rings is 7. The van der Waals surface area contributed by atoms with E-state index in [2.05, 4.69) is 0 Å². The molecule has 0 unspecified atom stereocenters. The number of hydrogen-bond acceptors (Lipinski definition) is 5. The summed E-state index contributed by atoms with van der Waals surface area (Å²) in [6.45, 7) is 0. The van der Waals surface area contributed by atoms with Crippen molar-refractivity contribution in [2.24, 2.45) is 0 Å². The van der Waals surface area contributed by atoms with E-state index >= 15 is 0 Å². The maximum absolute atomic E-state index is 11.2. The molecular formula is C46H38O5. The summed E-state index contributed by atoms with van der Waals surface area (Å²) in [5.41, 5.74) is 7.83. The highest BCUT2D eigenvalue weighted by Gasteiger charge is 2.10. The molecule has 0 aromatic heterocycles. The molecule has 252 valence electrons. The van der Waals surface area contributed by atoms with Crippen LogP contribution in [-0.2, 0) is 25.7 Å². The van der Waals surface area contributed by atoms with Crippen LogP contribution in [0.3, 0.4) is 0 Å². The van der Waals surface area contributed by atoms with Crippen molar-refractivity contribution >= 4 is 0 Å². The fourth-order valence-corrected chi connectivity index (χ4v) is 6.10. The third kappa shape index (κ3) is 8.59. The third-order valence-corrected chi connectivity index (χ3v) is 8.93. The molecule has 0 radical (unpaired) electrons. The van der Waals surface area contributed by atoms with Crippen LogP contribution in [0.2, 0.25) is 0 Å². The topological polar surface area (TPSA) is 79.2 Å². The predicted octanol–water partition coefficient (Wildman–Crippen LogP) is 10.8. The summed E-state index contributed by atoms with van der Waals surface area (Å²) < 4.78 is 12.2. The van der Waals surface area contributed by atoms with Gasteiger partial charge in [0.15, 0.2) is 0 Å². The van der Waals surface area contributed by atoms with E-state index in [0.717, 1.165) is 67.5 Å². The summed E-state index contributed by atoms with van der Waals surface area (Å²) in [5.74, 6) is 3.87. The predicted molar refractivity (Wildman–Crippen MR) is 201 cm³/mol. The van der Waals surface area contributed by atoms with Gasteiger partial charge in [0.25, 0.3) is 0 Å². The van der Waals surface area contributed by atoms with Gasteiger partial charge in [0.1, 0.15) is 40.2 Å². The molecule has 0 saturated carbocycles. The Morgan fingerprint density at radius 3 is 0.882 bits per heavy atom. The van der Waals surface area contributed by atoms with Crippen LogP contribution < -0.4 is 9.47 Å². The van der Waals surface area contributed by atoms with Gasteiger partial charge in [-0.1, -0.05) is 103 Å². The van der Waals surface area contributed by atoms with E-state index in [1.165, 1.54) is 0 Å². The molecule has 0 aliphatic heterocycles. The second-order valence-corrected chi connectivity index (χ2v) is 12.7. The fourth-order valence-electron chi connectivity index (χ4n) is 6.10. The molecule has 5 heteroatoms. The van der Waals surface area contributed by atoms with E-state index in [4.69, 9.17) is 9.47 Å². The van der Waals surface area contributed by atoms with Crippen LogP contribution in [0, 0.1) is 0 Å². The van der Waals surface area contributed by atoms with Gasteiger partial charge in [-0.2, -0.15) is 0 Å². The van der Waals surface area contributed by atoms with Gasteiger partial charge in [-0.15, -0.1) is 0 Å². The minimum atomic E-state index is 0.303. The Bertz CT molecular complexity index is 2050. The summed E-state index contributed by atoms with van der Waals surface area (Å²) in [5, 5.41) is 31.3. The zero-order valence-electron chi connectivity index (χ0n) is 28.1. The highest BCUT2D eigenvalue weighted by atomic mass is 16.5. The molecular weight excluding hydrogens is 633 g/mol. The minimum Gasteiger partial charge on any atom is -0.508 e. The van der Waals surface area contributed by atoms with Gasteiger partial charge in [0, 0.05) is 25.7 Å². The molecule has 0 heterocycles. The van der Waals surface area contributed by atoms with Crippen molar-refractivity contribution in [2.75, 3.05) is 0 Å². The van der Waals surface area contributed by atoms with Crippen molar-refractivity contribution in [3.05, 3.63) is 208 Å². The lowest BCUT2D eigenvalue weighted by molar-refractivity contribution is 0.463. The molecule has 3 N–H and O–H groups in total. The first kappa shape index (κ1) is 33.1. The fraction of sp³-hybridized carbons (Fsp3) is 0.0870. The van der Waals surface area contributed by atoms with Gasteiger partial charge < -0.3 is 24.8 Å². The Labute approximate surface area is 298 Å². The maximum Gasteiger partial charge on any atom is 0.127 e. The molecule has 0 spiro atoms. The Morgan fingerprint density at radius 2 is 0.569 bits per heavy atom. The molecule has 51 heavy (non-hydrogen) atoms. The first-order valence-corrected chi connectivity index (χ1v) is 17.0. The lowest BCUT2D eigenvalue weighted by Gasteiger charge is -2.12. The van der Waals surface area contributed by atoms with Crippen molar-refractivity contribution in [3.63, 3.8) is 0 Å². The summed E-state index contributed by atoms with van der Waals surface area (Å²) in [6, 6.07) is 52.3. The van der Waals surface area contributed by atoms with Crippen molar-refractivity contribution in [1.82, 2.24) is 0 Å². The van der Waals surface area contributed by atoms with E-state index < -0.39 is 0 Å². The molecule has 0 bridgehead atoms. The van der Waals surface area contributed by atoms with Crippen LogP contribution in [0.4, 0.5) is 0 Å². The minimum absolute atomic E-state index is 0.303. The number of ether oxygens (including phenoxy) is 2. The number of phenols is 3. The lowest BCUT2D eigenvalue weighted by atomic mass is 9.97. The van der Waals surface area contributed by atoms with E-state index in [-0.39, 0.29) is 0 Å². The highest BCUT2D eigenvalue weighted by molar-refractivity contribution is 5.47. The summed E-state index contributed by atoms with van der Waals surface area (Å²) in [4.78, 5) is 0. The highest BCUT2D eigenvalue weighted by Crippen LogP contribution is 2.30. The van der Waals surface area contributed by atoms with Crippen LogP contribution in [0.1, 0.15) is 44.5 Å². The number of para-hydroxylation sites is 3. The molecule has 7 aromatic carbocycles. The van der Waals surface area contributed by atoms with Gasteiger partial charge >= 0.3 is 0 Å². The van der Waals surface area contributed by atoms with Crippen molar-refractivity contribution < 1.29 is 24.8 Å². The monoisotopic (exact) mass is 670 g/mol. The Kier molecular flexibility index (Phi) is 9.98. The molecule has 0 atom stereocenters. The van der Waals surface area contributed by atoms with Crippen molar-refractivity contribution in [2.45, 2.75) is 25.7 Å².